The molecule has 2 atom stereocenters. The van der Waals surface area contributed by atoms with Gasteiger partial charge in [-0.05, 0) is 49.0 Å². The number of hydrogen-bond donors (Lipinski definition) is 0. The van der Waals surface area contributed by atoms with E-state index in [0.29, 0.717) is 5.95 Å². The molecule has 2 unspecified atom stereocenters. The zero-order valence-electron chi connectivity index (χ0n) is 13.1. The first-order valence-electron chi connectivity index (χ1n) is 7.78. The van der Waals surface area contributed by atoms with E-state index < -0.39 is 0 Å². The van der Waals surface area contributed by atoms with Crippen LogP contribution in [0.25, 0.3) is 0 Å². The summed E-state index contributed by atoms with van der Waals surface area (Å²) in [5, 5.41) is 0.205. The van der Waals surface area contributed by atoms with Crippen LogP contribution in [0.15, 0.2) is 18.3 Å². The predicted octanol–water partition coefficient (Wildman–Crippen LogP) is 4.32. The van der Waals surface area contributed by atoms with Crippen molar-refractivity contribution >= 4 is 35.0 Å². The van der Waals surface area contributed by atoms with Crippen molar-refractivity contribution in [3.8, 4) is 0 Å². The molecule has 5 nitrogen and oxygen atoms in total. The molecule has 3 heterocycles. The summed E-state index contributed by atoms with van der Waals surface area (Å²) in [7, 11) is 0. The van der Waals surface area contributed by atoms with Crippen LogP contribution >= 0.6 is 23.2 Å². The molecule has 0 N–H and O–H groups in total. The van der Waals surface area contributed by atoms with Gasteiger partial charge in [0.15, 0.2) is 0 Å². The monoisotopic (exact) mass is 349 g/mol. The zero-order chi connectivity index (χ0) is 16.2. The topological polar surface area (TPSA) is 54.8 Å². The maximum atomic E-state index is 6.02. The largest absolute Gasteiger partial charge is 0.288 e. The van der Waals surface area contributed by atoms with Crippen LogP contribution in [0.1, 0.15) is 45.1 Å². The average molecular weight is 350 g/mol. The van der Waals surface area contributed by atoms with Crippen molar-refractivity contribution in [1.82, 2.24) is 19.9 Å². The van der Waals surface area contributed by atoms with E-state index in [0.717, 1.165) is 18.7 Å². The Hall–Kier alpha value is -1.46. The van der Waals surface area contributed by atoms with E-state index in [1.54, 1.807) is 6.20 Å². The van der Waals surface area contributed by atoms with E-state index in [1.165, 1.54) is 18.4 Å². The molecule has 1 saturated carbocycles. The van der Waals surface area contributed by atoms with E-state index in [9.17, 15) is 0 Å². The van der Waals surface area contributed by atoms with E-state index in [4.69, 9.17) is 23.2 Å². The van der Waals surface area contributed by atoms with Gasteiger partial charge in [0.25, 0.3) is 0 Å². The number of fused-ring (bicyclic) bond motifs is 3. The lowest BCUT2D eigenvalue weighted by molar-refractivity contribution is 0.193. The van der Waals surface area contributed by atoms with Gasteiger partial charge >= 0.3 is 0 Å². The Kier molecular flexibility index (Phi) is 3.29. The van der Waals surface area contributed by atoms with Crippen molar-refractivity contribution < 1.29 is 0 Å². The summed E-state index contributed by atoms with van der Waals surface area (Å²) >= 11 is 12.0. The lowest BCUT2D eigenvalue weighted by atomic mass is 9.62. The van der Waals surface area contributed by atoms with Gasteiger partial charge in [-0.25, -0.2) is 4.98 Å². The molecule has 2 aromatic rings. The number of rotatable bonds is 1. The minimum atomic E-state index is -0.157. The SMILES string of the molecule is CC12CCCCC1(C)N(c1nc(Cl)nc(Cl)n1)c1ncccc12. The van der Waals surface area contributed by atoms with Crippen molar-refractivity contribution in [2.24, 2.45) is 0 Å². The van der Waals surface area contributed by atoms with E-state index in [-0.39, 0.29) is 21.5 Å². The van der Waals surface area contributed by atoms with Gasteiger partial charge in [-0.3, -0.25) is 4.90 Å². The van der Waals surface area contributed by atoms with Crippen LogP contribution < -0.4 is 4.90 Å². The molecular weight excluding hydrogens is 333 g/mol. The fourth-order valence-electron chi connectivity index (χ4n) is 4.25. The third-order valence-electron chi connectivity index (χ3n) is 5.63. The number of aromatic nitrogens is 4. The Bertz CT molecular complexity index is 763. The van der Waals surface area contributed by atoms with Gasteiger partial charge in [-0.15, -0.1) is 0 Å². The number of nitrogens with zero attached hydrogens (tertiary/aromatic N) is 5. The molecule has 0 spiro atoms. The van der Waals surface area contributed by atoms with Gasteiger partial charge < -0.3 is 0 Å². The van der Waals surface area contributed by atoms with Crippen LogP contribution in [0, 0.1) is 0 Å². The molecule has 7 heteroatoms. The van der Waals surface area contributed by atoms with Crippen molar-refractivity contribution in [2.45, 2.75) is 50.5 Å². The van der Waals surface area contributed by atoms with Crippen LogP contribution in [0.5, 0.6) is 0 Å². The molecule has 120 valence electrons. The fourth-order valence-corrected chi connectivity index (χ4v) is 4.60. The molecule has 23 heavy (non-hydrogen) atoms. The first-order chi connectivity index (χ1) is 11.0. The van der Waals surface area contributed by atoms with Gasteiger partial charge in [0.05, 0.1) is 5.54 Å². The first-order valence-corrected chi connectivity index (χ1v) is 8.54. The number of halogens is 2. The highest BCUT2D eigenvalue weighted by atomic mass is 35.5. The second-order valence-electron chi connectivity index (χ2n) is 6.70. The standard InChI is InChI=1S/C16H17Cl2N5/c1-15-7-3-4-8-16(15,2)23(11-10(15)6-5-9-19-11)14-21-12(17)20-13(18)22-14/h5-6,9H,3-4,7-8H2,1-2H3. The van der Waals surface area contributed by atoms with E-state index in [2.05, 4.69) is 44.7 Å². The Morgan fingerprint density at radius 2 is 1.74 bits per heavy atom. The Labute approximate surface area is 145 Å². The Balaban J connectivity index is 1.98. The first kappa shape index (κ1) is 15.1. The molecule has 0 saturated heterocycles. The third kappa shape index (κ3) is 1.99. The smallest absolute Gasteiger partial charge is 0.237 e. The molecule has 2 aromatic heterocycles. The van der Waals surface area contributed by atoms with Gasteiger partial charge in [-0.1, -0.05) is 25.8 Å². The minimum Gasteiger partial charge on any atom is -0.288 e. The van der Waals surface area contributed by atoms with Crippen LogP contribution in [-0.4, -0.2) is 25.5 Å². The Morgan fingerprint density at radius 3 is 2.48 bits per heavy atom. The third-order valence-corrected chi connectivity index (χ3v) is 5.97. The summed E-state index contributed by atoms with van der Waals surface area (Å²) in [4.78, 5) is 19.3. The highest BCUT2D eigenvalue weighted by Crippen LogP contribution is 2.59. The lowest BCUT2D eigenvalue weighted by Crippen LogP contribution is -2.55. The van der Waals surface area contributed by atoms with Crippen LogP contribution in [0.3, 0.4) is 0 Å². The summed E-state index contributed by atoms with van der Waals surface area (Å²) in [6.45, 7) is 4.58. The maximum absolute atomic E-state index is 6.02. The van der Waals surface area contributed by atoms with Crippen molar-refractivity contribution in [1.29, 1.82) is 0 Å². The van der Waals surface area contributed by atoms with Crippen molar-refractivity contribution in [3.05, 3.63) is 34.5 Å². The van der Waals surface area contributed by atoms with Gasteiger partial charge in [0, 0.05) is 17.2 Å². The second kappa shape index (κ2) is 5.02. The quantitative estimate of drug-likeness (QED) is 0.767. The highest BCUT2D eigenvalue weighted by Gasteiger charge is 2.59. The van der Waals surface area contributed by atoms with E-state index in [1.807, 2.05) is 6.07 Å². The molecule has 4 rings (SSSR count). The highest BCUT2D eigenvalue weighted by molar-refractivity contribution is 6.31. The van der Waals surface area contributed by atoms with Gasteiger partial charge in [0.1, 0.15) is 5.82 Å². The minimum absolute atomic E-state index is 0.000422. The molecule has 0 bridgehead atoms. The molecule has 0 radical (unpaired) electrons. The molecule has 0 amide bonds. The summed E-state index contributed by atoms with van der Waals surface area (Å²) in [5.41, 5.74) is 1.09. The second-order valence-corrected chi connectivity index (χ2v) is 7.37. The van der Waals surface area contributed by atoms with Crippen LogP contribution in [0.4, 0.5) is 11.8 Å². The molecule has 1 fully saturated rings. The number of pyridine rings is 1. The summed E-state index contributed by atoms with van der Waals surface area (Å²) in [6.07, 6.45) is 6.35. The fraction of sp³-hybridized carbons (Fsp3) is 0.500. The van der Waals surface area contributed by atoms with Crippen LogP contribution in [0.2, 0.25) is 10.6 Å². The Morgan fingerprint density at radius 1 is 1.04 bits per heavy atom. The maximum Gasteiger partial charge on any atom is 0.237 e. The molecule has 1 aliphatic heterocycles. The number of hydrogen-bond acceptors (Lipinski definition) is 5. The van der Waals surface area contributed by atoms with Crippen molar-refractivity contribution in [2.75, 3.05) is 4.90 Å². The summed E-state index contributed by atoms with van der Waals surface area (Å²) < 4.78 is 0. The normalized spacial score (nSPS) is 29.3. The summed E-state index contributed by atoms with van der Waals surface area (Å²) in [5.74, 6) is 1.38. The summed E-state index contributed by atoms with van der Waals surface area (Å²) in [6, 6.07) is 4.16. The van der Waals surface area contributed by atoms with Crippen molar-refractivity contribution in [3.63, 3.8) is 0 Å². The molecule has 0 aromatic carbocycles. The number of anilines is 2. The molecular formula is C16H17Cl2N5. The predicted molar refractivity (Wildman–Crippen MR) is 90.4 cm³/mol. The zero-order valence-corrected chi connectivity index (χ0v) is 14.6. The molecule has 2 aliphatic rings. The van der Waals surface area contributed by atoms with Gasteiger partial charge in [-0.2, -0.15) is 15.0 Å². The lowest BCUT2D eigenvalue weighted by Gasteiger charge is -2.49. The van der Waals surface area contributed by atoms with Gasteiger partial charge in [0.2, 0.25) is 16.5 Å². The molecule has 1 aliphatic carbocycles. The average Bonchev–Trinajstić information content (AvgIpc) is 2.71. The van der Waals surface area contributed by atoms with E-state index >= 15 is 0 Å². The van der Waals surface area contributed by atoms with Crippen LogP contribution in [-0.2, 0) is 5.41 Å².